The highest BCUT2D eigenvalue weighted by Crippen LogP contribution is 2.32. The molecule has 1 aromatic rings. The predicted octanol–water partition coefficient (Wildman–Crippen LogP) is 1.97. The Hall–Kier alpha value is -2.17. The number of Topliss-reactive ketones (excluding diaryl/α,β-unsaturated/α-hetero) is 2. The first kappa shape index (κ1) is 11.0. The third-order valence-electron chi connectivity index (χ3n) is 3.16. The van der Waals surface area contributed by atoms with Crippen LogP contribution < -0.4 is 0 Å². The van der Waals surface area contributed by atoms with Crippen molar-refractivity contribution >= 4 is 17.8 Å². The molecule has 2 aliphatic rings. The molecule has 1 heterocycles. The minimum absolute atomic E-state index is 0.456. The summed E-state index contributed by atoms with van der Waals surface area (Å²) in [4.78, 5) is 28.0. The summed E-state index contributed by atoms with van der Waals surface area (Å²) >= 11 is 0. The molecule has 18 heavy (non-hydrogen) atoms. The Labute approximate surface area is 101 Å². The Morgan fingerprint density at radius 2 is 1.61 bits per heavy atom. The topological polar surface area (TPSA) is 46.5 Å². The quantitative estimate of drug-likeness (QED) is 0.703. The van der Waals surface area contributed by atoms with Crippen LogP contribution in [0.15, 0.2) is 29.3 Å². The van der Waals surface area contributed by atoms with E-state index >= 15 is 0 Å². The van der Waals surface area contributed by atoms with Crippen LogP contribution in [-0.4, -0.2) is 23.8 Å². The molecule has 0 saturated heterocycles. The van der Waals surface area contributed by atoms with Crippen molar-refractivity contribution in [2.45, 2.75) is 6.04 Å². The van der Waals surface area contributed by atoms with Crippen LogP contribution in [0.4, 0.5) is 8.78 Å². The maximum absolute atomic E-state index is 13.6. The molecule has 2 atom stereocenters. The number of hydrogen-bond donors (Lipinski definition) is 0. The van der Waals surface area contributed by atoms with Crippen molar-refractivity contribution in [3.63, 3.8) is 0 Å². The monoisotopic (exact) mass is 247 g/mol. The number of allylic oxidation sites excluding steroid dienone is 1. The van der Waals surface area contributed by atoms with Crippen LogP contribution in [0.2, 0.25) is 0 Å². The number of halogens is 2. The maximum atomic E-state index is 13.6. The minimum atomic E-state index is -0.966. The summed E-state index contributed by atoms with van der Waals surface area (Å²) in [6.45, 7) is 0. The van der Waals surface area contributed by atoms with Gasteiger partial charge >= 0.3 is 0 Å². The van der Waals surface area contributed by atoms with Gasteiger partial charge in [-0.3, -0.25) is 14.6 Å². The summed E-state index contributed by atoms with van der Waals surface area (Å²) in [6.07, 6.45) is 4.40. The van der Waals surface area contributed by atoms with Crippen molar-refractivity contribution < 1.29 is 18.4 Å². The average Bonchev–Trinajstić information content (AvgIpc) is 2.38. The van der Waals surface area contributed by atoms with Gasteiger partial charge in [0.1, 0.15) is 17.7 Å². The molecule has 0 spiro atoms. The average molecular weight is 247 g/mol. The number of rotatable bonds is 0. The molecule has 1 aliphatic heterocycles. The van der Waals surface area contributed by atoms with Gasteiger partial charge in [0, 0.05) is 6.21 Å². The highest BCUT2D eigenvalue weighted by atomic mass is 19.1. The number of benzene rings is 1. The van der Waals surface area contributed by atoms with Gasteiger partial charge in [-0.1, -0.05) is 6.08 Å². The first-order valence-corrected chi connectivity index (χ1v) is 5.37. The summed E-state index contributed by atoms with van der Waals surface area (Å²) in [7, 11) is 0. The molecule has 0 fully saturated rings. The van der Waals surface area contributed by atoms with Crippen molar-refractivity contribution in [1.82, 2.24) is 0 Å². The standard InChI is InChI=1S/C13H7F2NO2/c14-7-3-4-8(15)10-9(7)12(17)6-2-1-5-16-11(6)13(10)18/h1-6,11H. The summed E-state index contributed by atoms with van der Waals surface area (Å²) in [5.41, 5.74) is -0.934. The molecule has 90 valence electrons. The molecule has 0 radical (unpaired) electrons. The van der Waals surface area contributed by atoms with Crippen LogP contribution in [0.25, 0.3) is 0 Å². The highest BCUT2D eigenvalue weighted by molar-refractivity contribution is 6.19. The Morgan fingerprint density at radius 3 is 2.28 bits per heavy atom. The highest BCUT2D eigenvalue weighted by Gasteiger charge is 2.43. The van der Waals surface area contributed by atoms with Gasteiger partial charge in [0.05, 0.1) is 17.0 Å². The molecule has 0 aromatic heterocycles. The van der Waals surface area contributed by atoms with E-state index in [0.29, 0.717) is 0 Å². The lowest BCUT2D eigenvalue weighted by Gasteiger charge is -2.27. The van der Waals surface area contributed by atoms with E-state index < -0.39 is 46.3 Å². The molecule has 0 amide bonds. The smallest absolute Gasteiger partial charge is 0.192 e. The summed E-state index contributed by atoms with van der Waals surface area (Å²) < 4.78 is 27.3. The summed E-state index contributed by atoms with van der Waals surface area (Å²) in [6, 6.07) is 0.739. The molecule has 5 heteroatoms. The third-order valence-corrected chi connectivity index (χ3v) is 3.16. The molecule has 0 N–H and O–H groups in total. The second-order valence-electron chi connectivity index (χ2n) is 4.16. The molecule has 1 aromatic carbocycles. The first-order chi connectivity index (χ1) is 8.61. The molecule has 2 unspecified atom stereocenters. The van der Waals surface area contributed by atoms with Crippen molar-refractivity contribution in [3.8, 4) is 0 Å². The van der Waals surface area contributed by atoms with Gasteiger partial charge in [-0.25, -0.2) is 8.78 Å². The van der Waals surface area contributed by atoms with Gasteiger partial charge < -0.3 is 0 Å². The fourth-order valence-electron chi connectivity index (χ4n) is 2.32. The molecule has 1 aliphatic carbocycles. The Morgan fingerprint density at radius 1 is 1.00 bits per heavy atom. The van der Waals surface area contributed by atoms with Gasteiger partial charge in [-0.2, -0.15) is 0 Å². The molecular formula is C13H7F2NO2. The zero-order chi connectivity index (χ0) is 12.9. The van der Waals surface area contributed by atoms with Crippen molar-refractivity contribution in [1.29, 1.82) is 0 Å². The Kier molecular flexibility index (Phi) is 2.23. The normalized spacial score (nSPS) is 25.0. The number of fused-ring (bicyclic) bond motifs is 2. The lowest BCUT2D eigenvalue weighted by molar-refractivity contribution is 0.0817. The van der Waals surface area contributed by atoms with Gasteiger partial charge in [-0.05, 0) is 18.2 Å². The van der Waals surface area contributed by atoms with Crippen molar-refractivity contribution in [2.75, 3.05) is 0 Å². The van der Waals surface area contributed by atoms with Gasteiger partial charge in [0.15, 0.2) is 11.6 Å². The zero-order valence-corrected chi connectivity index (χ0v) is 9.06. The minimum Gasteiger partial charge on any atom is -0.293 e. The molecule has 0 bridgehead atoms. The number of aliphatic imine (C=N–C) groups is 1. The third kappa shape index (κ3) is 1.30. The molecule has 3 rings (SSSR count). The van der Waals surface area contributed by atoms with E-state index in [2.05, 4.69) is 4.99 Å². The van der Waals surface area contributed by atoms with E-state index in [1.54, 1.807) is 0 Å². The van der Waals surface area contributed by atoms with Crippen molar-refractivity contribution in [2.24, 2.45) is 10.9 Å². The van der Waals surface area contributed by atoms with Crippen LogP contribution in [0.3, 0.4) is 0 Å². The second kappa shape index (κ2) is 3.66. The largest absolute Gasteiger partial charge is 0.293 e. The number of ketones is 2. The summed E-state index contributed by atoms with van der Waals surface area (Å²) in [5, 5.41) is 0. The van der Waals surface area contributed by atoms with Gasteiger partial charge in [0.25, 0.3) is 0 Å². The fraction of sp³-hybridized carbons (Fsp3) is 0.154. The maximum Gasteiger partial charge on any atom is 0.192 e. The van der Waals surface area contributed by atoms with Crippen LogP contribution in [0.5, 0.6) is 0 Å². The van der Waals surface area contributed by atoms with Crippen LogP contribution in [-0.2, 0) is 0 Å². The van der Waals surface area contributed by atoms with E-state index in [-0.39, 0.29) is 0 Å². The first-order valence-electron chi connectivity index (χ1n) is 5.37. The van der Waals surface area contributed by atoms with Crippen molar-refractivity contribution in [3.05, 3.63) is 47.0 Å². The van der Waals surface area contributed by atoms with E-state index in [1.165, 1.54) is 18.4 Å². The van der Waals surface area contributed by atoms with E-state index in [0.717, 1.165) is 12.1 Å². The van der Waals surface area contributed by atoms with E-state index in [9.17, 15) is 18.4 Å². The number of nitrogens with zero attached hydrogens (tertiary/aromatic N) is 1. The van der Waals surface area contributed by atoms with E-state index in [1.807, 2.05) is 0 Å². The van der Waals surface area contributed by atoms with Gasteiger partial charge in [0.2, 0.25) is 0 Å². The number of dihydropyridines is 1. The Bertz CT molecular complexity index is 579. The fourth-order valence-corrected chi connectivity index (χ4v) is 2.32. The number of carbonyl (C=O) groups excluding carboxylic acids is 2. The van der Waals surface area contributed by atoms with Crippen LogP contribution in [0, 0.1) is 17.6 Å². The second-order valence-corrected chi connectivity index (χ2v) is 4.16. The SMILES string of the molecule is O=C1c2c(F)ccc(F)c2C(=O)C2N=CC=CC12. The number of hydrogen-bond acceptors (Lipinski definition) is 3. The van der Waals surface area contributed by atoms with Crippen LogP contribution >= 0.6 is 0 Å². The van der Waals surface area contributed by atoms with Gasteiger partial charge in [-0.15, -0.1) is 0 Å². The zero-order valence-electron chi connectivity index (χ0n) is 9.06. The Balaban J connectivity index is 2.30. The lowest BCUT2D eigenvalue weighted by Crippen LogP contribution is -2.41. The summed E-state index contributed by atoms with van der Waals surface area (Å²) in [5.74, 6) is -3.82. The van der Waals surface area contributed by atoms with E-state index in [4.69, 9.17) is 0 Å². The van der Waals surface area contributed by atoms with Crippen LogP contribution in [0.1, 0.15) is 20.7 Å². The molecular weight excluding hydrogens is 240 g/mol. The molecule has 0 saturated carbocycles. The molecule has 3 nitrogen and oxygen atoms in total. The number of carbonyl (C=O) groups is 2. The lowest BCUT2D eigenvalue weighted by atomic mass is 9.77. The predicted molar refractivity (Wildman–Crippen MR) is 59.9 cm³/mol.